The van der Waals surface area contributed by atoms with Crippen LogP contribution in [0.4, 0.5) is 0 Å². The molecular weight excluding hydrogens is 212 g/mol. The van der Waals surface area contributed by atoms with Crippen LogP contribution in [-0.4, -0.2) is 29.8 Å². The summed E-state index contributed by atoms with van der Waals surface area (Å²) in [5.74, 6) is 0. The van der Waals surface area contributed by atoms with Crippen molar-refractivity contribution < 1.29 is 0 Å². The van der Waals surface area contributed by atoms with E-state index in [1.165, 1.54) is 0 Å². The minimum absolute atomic E-state index is 0.512. The lowest BCUT2D eigenvalue weighted by molar-refractivity contribution is 0.508. The second-order valence-corrected chi connectivity index (χ2v) is 3.61. The van der Waals surface area contributed by atoms with E-state index in [2.05, 4.69) is 25.1 Å². The number of hydrogen-bond donors (Lipinski definition) is 1. The maximum atomic E-state index is 4.96. The molecule has 2 aromatic heterocycles. The zero-order valence-corrected chi connectivity index (χ0v) is 9.02. The molecule has 1 N–H and O–H groups in total. The highest BCUT2D eigenvalue weighted by molar-refractivity contribution is 7.71. The molecule has 0 saturated heterocycles. The van der Waals surface area contributed by atoms with E-state index in [1.54, 1.807) is 10.9 Å². The summed E-state index contributed by atoms with van der Waals surface area (Å²) < 4.78 is 4.34. The lowest BCUT2D eigenvalue weighted by atomic mass is 10.3. The SMILES string of the molecule is S=c1nn[nH]n1CCCCn1ccnc1. The van der Waals surface area contributed by atoms with Crippen LogP contribution in [-0.2, 0) is 13.1 Å². The maximum Gasteiger partial charge on any atom is 0.238 e. The van der Waals surface area contributed by atoms with Gasteiger partial charge in [-0.25, -0.2) is 9.67 Å². The second-order valence-electron chi connectivity index (χ2n) is 3.24. The summed E-state index contributed by atoms with van der Waals surface area (Å²) >= 11 is 4.96. The van der Waals surface area contributed by atoms with Crippen molar-refractivity contribution >= 4 is 12.2 Å². The van der Waals surface area contributed by atoms with E-state index in [-0.39, 0.29) is 0 Å². The largest absolute Gasteiger partial charge is 0.337 e. The Labute approximate surface area is 91.9 Å². The fourth-order valence-electron chi connectivity index (χ4n) is 1.34. The van der Waals surface area contributed by atoms with Crippen LogP contribution in [0.2, 0.25) is 0 Å². The summed E-state index contributed by atoms with van der Waals surface area (Å²) in [5, 5.41) is 10.1. The van der Waals surface area contributed by atoms with E-state index in [0.717, 1.165) is 25.9 Å². The fourth-order valence-corrected chi connectivity index (χ4v) is 1.52. The fraction of sp³-hybridized carbons (Fsp3) is 0.500. The van der Waals surface area contributed by atoms with E-state index < -0.39 is 0 Å². The molecule has 6 nitrogen and oxygen atoms in total. The standard InChI is InChI=1S/C8H12N6S/c15-8-10-11-12-14(8)5-2-1-4-13-6-3-9-7-13/h3,6-7H,1-2,4-5H2,(H,10,12,15). The molecule has 2 aromatic rings. The zero-order valence-electron chi connectivity index (χ0n) is 8.20. The average Bonchev–Trinajstić information content (AvgIpc) is 2.85. The van der Waals surface area contributed by atoms with Crippen LogP contribution in [0.3, 0.4) is 0 Å². The number of H-pyrrole nitrogens is 1. The van der Waals surface area contributed by atoms with Gasteiger partial charge in [-0.3, -0.25) is 0 Å². The number of hydrogen-bond acceptors (Lipinski definition) is 4. The summed E-state index contributed by atoms with van der Waals surface area (Å²) in [6.45, 7) is 1.81. The van der Waals surface area contributed by atoms with Crippen LogP contribution in [0.1, 0.15) is 12.8 Å². The summed E-state index contributed by atoms with van der Waals surface area (Å²) in [5.41, 5.74) is 0. The van der Waals surface area contributed by atoms with Gasteiger partial charge in [-0.1, -0.05) is 10.3 Å². The van der Waals surface area contributed by atoms with Gasteiger partial charge in [0.2, 0.25) is 4.77 Å². The molecule has 0 fully saturated rings. The first-order chi connectivity index (χ1) is 7.36. The molecular formula is C8H12N6S. The molecule has 15 heavy (non-hydrogen) atoms. The van der Waals surface area contributed by atoms with Crippen molar-refractivity contribution in [2.24, 2.45) is 0 Å². The van der Waals surface area contributed by atoms with Crippen molar-refractivity contribution in [2.75, 3.05) is 0 Å². The molecule has 0 aliphatic rings. The zero-order chi connectivity index (χ0) is 10.5. The summed E-state index contributed by atoms with van der Waals surface area (Å²) in [6, 6.07) is 0. The van der Waals surface area contributed by atoms with Gasteiger partial charge in [-0.15, -0.1) is 0 Å². The molecule has 0 spiro atoms. The number of imidazole rings is 1. The Morgan fingerprint density at radius 2 is 2.20 bits per heavy atom. The first-order valence-corrected chi connectivity index (χ1v) is 5.21. The number of rotatable bonds is 5. The summed E-state index contributed by atoms with van der Waals surface area (Å²) in [6.07, 6.45) is 7.69. The van der Waals surface area contributed by atoms with Gasteiger partial charge in [0.25, 0.3) is 0 Å². The number of aromatic amines is 1. The van der Waals surface area contributed by atoms with Crippen LogP contribution in [0.25, 0.3) is 0 Å². The third-order valence-corrected chi connectivity index (χ3v) is 2.44. The molecule has 80 valence electrons. The van der Waals surface area contributed by atoms with E-state index in [4.69, 9.17) is 12.2 Å². The Morgan fingerprint density at radius 3 is 2.87 bits per heavy atom. The minimum Gasteiger partial charge on any atom is -0.337 e. The molecule has 0 unspecified atom stereocenters. The van der Waals surface area contributed by atoms with Gasteiger partial charge in [0, 0.05) is 25.5 Å². The highest BCUT2D eigenvalue weighted by Gasteiger charge is 1.95. The van der Waals surface area contributed by atoms with E-state index in [1.807, 2.05) is 12.5 Å². The third-order valence-electron chi connectivity index (χ3n) is 2.14. The van der Waals surface area contributed by atoms with Crippen molar-refractivity contribution in [1.82, 2.24) is 29.8 Å². The lowest BCUT2D eigenvalue weighted by Gasteiger charge is -2.02. The van der Waals surface area contributed by atoms with Gasteiger partial charge in [0.15, 0.2) is 0 Å². The van der Waals surface area contributed by atoms with E-state index in [0.29, 0.717) is 4.77 Å². The number of nitrogens with zero attached hydrogens (tertiary/aromatic N) is 5. The monoisotopic (exact) mass is 224 g/mol. The molecule has 0 atom stereocenters. The molecule has 2 rings (SSSR count). The van der Waals surface area contributed by atoms with Crippen LogP contribution in [0.15, 0.2) is 18.7 Å². The predicted octanol–water partition coefficient (Wildman–Crippen LogP) is 1.01. The van der Waals surface area contributed by atoms with Crippen molar-refractivity contribution in [3.8, 4) is 0 Å². The predicted molar refractivity (Wildman–Crippen MR) is 56.7 cm³/mol. The third kappa shape index (κ3) is 2.72. The lowest BCUT2D eigenvalue weighted by Crippen LogP contribution is -2.02. The Kier molecular flexibility index (Phi) is 3.23. The number of tetrazole rings is 1. The Hall–Kier alpha value is -1.50. The smallest absolute Gasteiger partial charge is 0.238 e. The van der Waals surface area contributed by atoms with Crippen LogP contribution in [0, 0.1) is 4.77 Å². The molecule has 0 aliphatic heterocycles. The maximum absolute atomic E-state index is 4.96. The average molecular weight is 224 g/mol. The summed E-state index contributed by atoms with van der Waals surface area (Å²) in [4.78, 5) is 3.98. The van der Waals surface area contributed by atoms with Gasteiger partial charge in [0.05, 0.1) is 6.33 Å². The Morgan fingerprint density at radius 1 is 1.33 bits per heavy atom. The Balaban J connectivity index is 1.72. The van der Waals surface area contributed by atoms with Gasteiger partial charge >= 0.3 is 0 Å². The summed E-state index contributed by atoms with van der Waals surface area (Å²) in [7, 11) is 0. The van der Waals surface area contributed by atoms with Crippen LogP contribution in [0.5, 0.6) is 0 Å². The van der Waals surface area contributed by atoms with Gasteiger partial charge < -0.3 is 4.57 Å². The van der Waals surface area contributed by atoms with Gasteiger partial charge in [-0.2, -0.15) is 5.21 Å². The second kappa shape index (κ2) is 4.83. The quantitative estimate of drug-likeness (QED) is 0.608. The first kappa shape index (κ1) is 10.0. The molecule has 0 saturated carbocycles. The van der Waals surface area contributed by atoms with Crippen molar-refractivity contribution in [3.63, 3.8) is 0 Å². The molecule has 7 heteroatoms. The van der Waals surface area contributed by atoms with E-state index >= 15 is 0 Å². The highest BCUT2D eigenvalue weighted by Crippen LogP contribution is 1.97. The number of aryl methyl sites for hydroxylation is 2. The molecule has 0 aromatic carbocycles. The number of nitrogens with one attached hydrogen (secondary N) is 1. The van der Waals surface area contributed by atoms with E-state index in [9.17, 15) is 0 Å². The molecule has 0 amide bonds. The molecule has 0 aliphatic carbocycles. The van der Waals surface area contributed by atoms with Crippen molar-refractivity contribution in [1.29, 1.82) is 0 Å². The molecule has 0 radical (unpaired) electrons. The van der Waals surface area contributed by atoms with Crippen LogP contribution < -0.4 is 0 Å². The normalized spacial score (nSPS) is 10.7. The highest BCUT2D eigenvalue weighted by atomic mass is 32.1. The van der Waals surface area contributed by atoms with Crippen molar-refractivity contribution in [3.05, 3.63) is 23.5 Å². The molecule has 0 bridgehead atoms. The van der Waals surface area contributed by atoms with Gasteiger partial charge in [0.1, 0.15) is 0 Å². The van der Waals surface area contributed by atoms with Crippen LogP contribution >= 0.6 is 12.2 Å². The number of aromatic nitrogens is 6. The first-order valence-electron chi connectivity index (χ1n) is 4.80. The topological polar surface area (TPSA) is 64.3 Å². The Bertz CT molecular complexity index is 442. The van der Waals surface area contributed by atoms with Gasteiger partial charge in [-0.05, 0) is 25.1 Å². The number of unbranched alkanes of at least 4 members (excludes halogenated alkanes) is 1. The van der Waals surface area contributed by atoms with Crippen molar-refractivity contribution in [2.45, 2.75) is 25.9 Å². The minimum atomic E-state index is 0.512. The molecule has 2 heterocycles.